The van der Waals surface area contributed by atoms with E-state index in [0.29, 0.717) is 12.3 Å². The van der Waals surface area contributed by atoms with Crippen LogP contribution in [0.1, 0.15) is 22.0 Å². The average molecular weight is 260 g/mol. The Balaban J connectivity index is 2.13. The van der Waals surface area contributed by atoms with Gasteiger partial charge in [-0.1, -0.05) is 30.3 Å². The lowest BCUT2D eigenvalue weighted by molar-refractivity contribution is 0.0666. The standard InChI is InChI=1S/C14H16N2O3/c1-11-9-15-13(19-11)14(18)16(7-8-17)10-12-5-3-2-4-6-12/h2-6,9,17H,7-8,10H2,1H3. The van der Waals surface area contributed by atoms with Gasteiger partial charge < -0.3 is 14.4 Å². The summed E-state index contributed by atoms with van der Waals surface area (Å²) < 4.78 is 5.23. The van der Waals surface area contributed by atoms with Crippen LogP contribution in [-0.2, 0) is 6.54 Å². The van der Waals surface area contributed by atoms with Crippen molar-refractivity contribution in [3.05, 3.63) is 53.7 Å². The third kappa shape index (κ3) is 3.42. The van der Waals surface area contributed by atoms with E-state index in [9.17, 15) is 4.79 Å². The number of rotatable bonds is 5. The van der Waals surface area contributed by atoms with Crippen molar-refractivity contribution in [1.29, 1.82) is 0 Å². The molecule has 2 rings (SSSR count). The summed E-state index contributed by atoms with van der Waals surface area (Å²) in [5.74, 6) is 0.333. The van der Waals surface area contributed by atoms with Gasteiger partial charge in [0.15, 0.2) is 0 Å². The number of aliphatic hydroxyl groups is 1. The van der Waals surface area contributed by atoms with Gasteiger partial charge in [-0.15, -0.1) is 0 Å². The lowest BCUT2D eigenvalue weighted by atomic mass is 10.2. The molecule has 0 bridgehead atoms. The Hall–Kier alpha value is -2.14. The van der Waals surface area contributed by atoms with Crippen LogP contribution in [-0.4, -0.2) is 34.0 Å². The Morgan fingerprint density at radius 2 is 2.11 bits per heavy atom. The lowest BCUT2D eigenvalue weighted by Crippen LogP contribution is -2.33. The molecule has 1 amide bonds. The molecule has 5 nitrogen and oxygen atoms in total. The molecule has 100 valence electrons. The topological polar surface area (TPSA) is 66.6 Å². The number of aliphatic hydroxyl groups excluding tert-OH is 1. The van der Waals surface area contributed by atoms with Crippen LogP contribution in [0.15, 0.2) is 40.9 Å². The first-order valence-electron chi connectivity index (χ1n) is 6.07. The largest absolute Gasteiger partial charge is 0.438 e. The molecule has 0 saturated heterocycles. The molecule has 1 N–H and O–H groups in total. The van der Waals surface area contributed by atoms with Crippen LogP contribution in [0.5, 0.6) is 0 Å². The van der Waals surface area contributed by atoms with E-state index in [1.54, 1.807) is 6.92 Å². The molecule has 0 atom stereocenters. The normalized spacial score (nSPS) is 10.4. The fraction of sp³-hybridized carbons (Fsp3) is 0.286. The zero-order valence-corrected chi connectivity index (χ0v) is 10.7. The molecule has 0 aliphatic carbocycles. The maximum atomic E-state index is 12.2. The van der Waals surface area contributed by atoms with Gasteiger partial charge >= 0.3 is 5.91 Å². The molecule has 0 radical (unpaired) electrons. The van der Waals surface area contributed by atoms with E-state index in [0.717, 1.165) is 5.56 Å². The van der Waals surface area contributed by atoms with Crippen LogP contribution in [0.4, 0.5) is 0 Å². The molecule has 0 saturated carbocycles. The van der Waals surface area contributed by atoms with Gasteiger partial charge in [-0.05, 0) is 12.5 Å². The monoisotopic (exact) mass is 260 g/mol. The minimum Gasteiger partial charge on any atom is -0.438 e. The molecule has 1 aromatic carbocycles. The van der Waals surface area contributed by atoms with Crippen LogP contribution in [0.25, 0.3) is 0 Å². The van der Waals surface area contributed by atoms with Gasteiger partial charge in [0.05, 0.1) is 12.8 Å². The van der Waals surface area contributed by atoms with Gasteiger partial charge in [0.25, 0.3) is 5.89 Å². The quantitative estimate of drug-likeness (QED) is 0.887. The summed E-state index contributed by atoms with van der Waals surface area (Å²) in [7, 11) is 0. The number of carbonyl (C=O) groups excluding carboxylic acids is 1. The second-order valence-electron chi connectivity index (χ2n) is 4.21. The predicted octanol–water partition coefficient (Wildman–Crippen LogP) is 1.62. The molecule has 5 heteroatoms. The Morgan fingerprint density at radius 1 is 1.37 bits per heavy atom. The summed E-state index contributed by atoms with van der Waals surface area (Å²) >= 11 is 0. The lowest BCUT2D eigenvalue weighted by Gasteiger charge is -2.20. The first-order chi connectivity index (χ1) is 9.20. The Kier molecular flexibility index (Phi) is 4.30. The highest BCUT2D eigenvalue weighted by molar-refractivity contribution is 5.89. The molecular weight excluding hydrogens is 244 g/mol. The van der Waals surface area contributed by atoms with Crippen molar-refractivity contribution >= 4 is 5.91 Å². The van der Waals surface area contributed by atoms with Gasteiger partial charge in [-0.2, -0.15) is 0 Å². The number of aromatic nitrogens is 1. The van der Waals surface area contributed by atoms with Crippen molar-refractivity contribution in [2.75, 3.05) is 13.2 Å². The van der Waals surface area contributed by atoms with E-state index in [4.69, 9.17) is 9.52 Å². The second-order valence-corrected chi connectivity index (χ2v) is 4.21. The third-order valence-electron chi connectivity index (χ3n) is 2.68. The Bertz CT molecular complexity index is 537. The summed E-state index contributed by atoms with van der Waals surface area (Å²) in [6, 6.07) is 9.59. The van der Waals surface area contributed by atoms with Crippen LogP contribution in [0.2, 0.25) is 0 Å². The third-order valence-corrected chi connectivity index (χ3v) is 2.68. The van der Waals surface area contributed by atoms with Crippen molar-refractivity contribution in [1.82, 2.24) is 9.88 Å². The van der Waals surface area contributed by atoms with Crippen molar-refractivity contribution in [2.24, 2.45) is 0 Å². The fourth-order valence-electron chi connectivity index (χ4n) is 1.77. The van der Waals surface area contributed by atoms with Crippen molar-refractivity contribution in [3.63, 3.8) is 0 Å². The summed E-state index contributed by atoms with van der Waals surface area (Å²) in [5, 5.41) is 9.07. The molecule has 0 unspecified atom stereocenters. The van der Waals surface area contributed by atoms with E-state index in [2.05, 4.69) is 4.98 Å². The van der Waals surface area contributed by atoms with E-state index >= 15 is 0 Å². The maximum absolute atomic E-state index is 12.2. The maximum Gasteiger partial charge on any atom is 0.310 e. The fourth-order valence-corrected chi connectivity index (χ4v) is 1.77. The number of hydrogen-bond acceptors (Lipinski definition) is 4. The van der Waals surface area contributed by atoms with Crippen LogP contribution >= 0.6 is 0 Å². The molecule has 1 aromatic heterocycles. The summed E-state index contributed by atoms with van der Waals surface area (Å²) in [4.78, 5) is 17.6. The van der Waals surface area contributed by atoms with Gasteiger partial charge in [0, 0.05) is 13.1 Å². The number of amides is 1. The van der Waals surface area contributed by atoms with Gasteiger partial charge in [-0.25, -0.2) is 4.98 Å². The Morgan fingerprint density at radius 3 is 2.68 bits per heavy atom. The molecule has 0 aliphatic rings. The number of benzene rings is 1. The van der Waals surface area contributed by atoms with E-state index in [1.165, 1.54) is 11.1 Å². The van der Waals surface area contributed by atoms with Crippen molar-refractivity contribution < 1.29 is 14.3 Å². The first-order valence-corrected chi connectivity index (χ1v) is 6.07. The van der Waals surface area contributed by atoms with Crippen LogP contribution in [0, 0.1) is 6.92 Å². The van der Waals surface area contributed by atoms with Gasteiger partial charge in [0.1, 0.15) is 5.76 Å². The molecular formula is C14H16N2O3. The summed E-state index contributed by atoms with van der Waals surface area (Å²) in [5.41, 5.74) is 0.993. The van der Waals surface area contributed by atoms with E-state index < -0.39 is 0 Å². The molecule has 0 fully saturated rings. The van der Waals surface area contributed by atoms with Crippen LogP contribution in [0.3, 0.4) is 0 Å². The minimum atomic E-state index is -0.314. The summed E-state index contributed by atoms with van der Waals surface area (Å²) in [6.07, 6.45) is 1.51. The zero-order chi connectivity index (χ0) is 13.7. The van der Waals surface area contributed by atoms with Crippen molar-refractivity contribution in [2.45, 2.75) is 13.5 Å². The van der Waals surface area contributed by atoms with E-state index in [1.807, 2.05) is 30.3 Å². The van der Waals surface area contributed by atoms with E-state index in [-0.39, 0.29) is 24.9 Å². The Labute approximate surface area is 111 Å². The number of oxazole rings is 1. The predicted molar refractivity (Wildman–Crippen MR) is 69.5 cm³/mol. The number of hydrogen-bond donors (Lipinski definition) is 1. The smallest absolute Gasteiger partial charge is 0.310 e. The summed E-state index contributed by atoms with van der Waals surface area (Å²) in [6.45, 7) is 2.30. The molecule has 0 spiro atoms. The second kappa shape index (κ2) is 6.15. The van der Waals surface area contributed by atoms with Gasteiger partial charge in [-0.3, -0.25) is 4.79 Å². The number of carbonyl (C=O) groups is 1. The van der Waals surface area contributed by atoms with Crippen LogP contribution < -0.4 is 0 Å². The first kappa shape index (κ1) is 13.3. The highest BCUT2D eigenvalue weighted by Crippen LogP contribution is 2.10. The highest BCUT2D eigenvalue weighted by atomic mass is 16.4. The molecule has 0 aliphatic heterocycles. The molecule has 19 heavy (non-hydrogen) atoms. The molecule has 2 aromatic rings. The van der Waals surface area contributed by atoms with Crippen molar-refractivity contribution in [3.8, 4) is 0 Å². The number of nitrogens with zero attached hydrogens (tertiary/aromatic N) is 2. The SMILES string of the molecule is Cc1cnc(C(=O)N(CCO)Cc2ccccc2)o1. The zero-order valence-electron chi connectivity index (χ0n) is 10.7. The highest BCUT2D eigenvalue weighted by Gasteiger charge is 2.20. The molecule has 1 heterocycles. The van der Waals surface area contributed by atoms with Gasteiger partial charge in [0.2, 0.25) is 0 Å². The average Bonchev–Trinajstić information content (AvgIpc) is 2.85. The number of aryl methyl sites for hydroxylation is 1. The minimum absolute atomic E-state index is 0.0573.